The number of nitro groups is 1. The van der Waals surface area contributed by atoms with Gasteiger partial charge in [-0.2, -0.15) is 0 Å². The van der Waals surface area contributed by atoms with Crippen molar-refractivity contribution in [1.29, 1.82) is 0 Å². The fraction of sp³-hybridized carbons (Fsp3) is 0.0526. The highest BCUT2D eigenvalue weighted by molar-refractivity contribution is 6.09. The molecule has 1 aromatic heterocycles. The van der Waals surface area contributed by atoms with Crippen LogP contribution < -0.4 is 0 Å². The summed E-state index contributed by atoms with van der Waals surface area (Å²) in [6, 6.07) is 18.9. The van der Waals surface area contributed by atoms with Crippen molar-refractivity contribution in [3.8, 4) is 11.3 Å². The first-order valence-corrected chi connectivity index (χ1v) is 7.31. The van der Waals surface area contributed by atoms with Gasteiger partial charge >= 0.3 is 5.69 Å². The summed E-state index contributed by atoms with van der Waals surface area (Å²) in [7, 11) is 0. The molecule has 0 aliphatic carbocycles. The van der Waals surface area contributed by atoms with E-state index in [2.05, 4.69) is 0 Å². The van der Waals surface area contributed by atoms with Crippen molar-refractivity contribution in [1.82, 2.24) is 0 Å². The summed E-state index contributed by atoms with van der Waals surface area (Å²) >= 11 is 0. The first-order valence-electron chi connectivity index (χ1n) is 7.31. The highest BCUT2D eigenvalue weighted by atomic mass is 16.6. The van der Waals surface area contributed by atoms with Crippen molar-refractivity contribution in [3.63, 3.8) is 0 Å². The molecule has 23 heavy (non-hydrogen) atoms. The first kappa shape index (κ1) is 13.5. The van der Waals surface area contributed by atoms with Gasteiger partial charge in [0.15, 0.2) is 0 Å². The lowest BCUT2D eigenvalue weighted by Crippen LogP contribution is -1.89. The highest BCUT2D eigenvalue weighted by Gasteiger charge is 2.26. The Labute approximate surface area is 132 Å². The molecular weight excluding hydrogens is 290 g/mol. The van der Waals surface area contributed by atoms with E-state index in [1.54, 1.807) is 6.07 Å². The SMILES string of the molecule is Cc1ccc(-c2oc3c(ccc4ccccc43)c2[N+](=O)[O-])cc1. The van der Waals surface area contributed by atoms with Gasteiger partial charge in [0.25, 0.3) is 0 Å². The third-order valence-electron chi connectivity index (χ3n) is 4.05. The van der Waals surface area contributed by atoms with Crippen molar-refractivity contribution in [2.24, 2.45) is 0 Å². The van der Waals surface area contributed by atoms with Crippen molar-refractivity contribution < 1.29 is 9.34 Å². The summed E-state index contributed by atoms with van der Waals surface area (Å²) in [6.45, 7) is 1.98. The Bertz CT molecular complexity index is 1050. The van der Waals surface area contributed by atoms with E-state index in [-0.39, 0.29) is 10.6 Å². The Kier molecular flexibility index (Phi) is 2.91. The van der Waals surface area contributed by atoms with Crippen LogP contribution in [0.1, 0.15) is 5.56 Å². The smallest absolute Gasteiger partial charge is 0.323 e. The van der Waals surface area contributed by atoms with Crippen LogP contribution in [0.15, 0.2) is 65.1 Å². The summed E-state index contributed by atoms with van der Waals surface area (Å²) in [5.74, 6) is 0.307. The third kappa shape index (κ3) is 2.07. The molecule has 112 valence electrons. The second-order valence-electron chi connectivity index (χ2n) is 5.57. The van der Waals surface area contributed by atoms with E-state index in [4.69, 9.17) is 4.42 Å². The van der Waals surface area contributed by atoms with Gasteiger partial charge in [-0.25, -0.2) is 0 Å². The van der Waals surface area contributed by atoms with Gasteiger partial charge < -0.3 is 4.42 Å². The predicted molar refractivity (Wildman–Crippen MR) is 90.5 cm³/mol. The lowest BCUT2D eigenvalue weighted by molar-refractivity contribution is -0.382. The zero-order valence-corrected chi connectivity index (χ0v) is 12.4. The van der Waals surface area contributed by atoms with Crippen molar-refractivity contribution >= 4 is 27.4 Å². The summed E-state index contributed by atoms with van der Waals surface area (Å²) in [6.07, 6.45) is 0. The molecule has 0 saturated carbocycles. The van der Waals surface area contributed by atoms with Crippen LogP contribution in [0.4, 0.5) is 5.69 Å². The van der Waals surface area contributed by atoms with Crippen molar-refractivity contribution in [2.45, 2.75) is 6.92 Å². The third-order valence-corrected chi connectivity index (χ3v) is 4.05. The van der Waals surface area contributed by atoms with Crippen LogP contribution in [-0.4, -0.2) is 4.92 Å². The second-order valence-corrected chi connectivity index (χ2v) is 5.57. The van der Waals surface area contributed by atoms with E-state index in [1.807, 2.05) is 61.5 Å². The van der Waals surface area contributed by atoms with Crippen LogP contribution in [0.2, 0.25) is 0 Å². The average molecular weight is 303 g/mol. The molecule has 0 radical (unpaired) electrons. The Hall–Kier alpha value is -3.14. The van der Waals surface area contributed by atoms with Gasteiger partial charge in [0, 0.05) is 10.9 Å². The number of aryl methyl sites for hydroxylation is 1. The van der Waals surface area contributed by atoms with Crippen molar-refractivity contribution in [3.05, 3.63) is 76.3 Å². The minimum Gasteiger partial charge on any atom is -0.448 e. The van der Waals surface area contributed by atoms with Gasteiger partial charge in [0.1, 0.15) is 5.58 Å². The monoisotopic (exact) mass is 303 g/mol. The molecule has 0 atom stereocenters. The fourth-order valence-corrected chi connectivity index (χ4v) is 2.89. The van der Waals surface area contributed by atoms with Crippen LogP contribution in [0.3, 0.4) is 0 Å². The zero-order chi connectivity index (χ0) is 16.0. The van der Waals surface area contributed by atoms with E-state index in [0.717, 1.165) is 16.3 Å². The molecule has 1 heterocycles. The van der Waals surface area contributed by atoms with Crippen molar-refractivity contribution in [2.75, 3.05) is 0 Å². The molecule has 4 rings (SSSR count). The molecule has 0 bridgehead atoms. The largest absolute Gasteiger partial charge is 0.448 e. The predicted octanol–water partition coefficient (Wildman–Crippen LogP) is 5.47. The minimum absolute atomic E-state index is 0.0228. The Balaban J connectivity index is 2.11. The maximum Gasteiger partial charge on any atom is 0.323 e. The molecule has 4 aromatic rings. The molecule has 0 aliphatic rings. The number of benzene rings is 3. The zero-order valence-electron chi connectivity index (χ0n) is 12.4. The Morgan fingerprint density at radius 1 is 0.913 bits per heavy atom. The molecule has 0 aliphatic heterocycles. The topological polar surface area (TPSA) is 56.3 Å². The number of furan rings is 1. The van der Waals surface area contributed by atoms with E-state index in [9.17, 15) is 10.1 Å². The summed E-state index contributed by atoms with van der Waals surface area (Å²) in [4.78, 5) is 11.3. The number of nitrogens with zero attached hydrogens (tertiary/aromatic N) is 1. The normalized spacial score (nSPS) is 11.2. The summed E-state index contributed by atoms with van der Waals surface area (Å²) in [5, 5.41) is 14.0. The number of hydrogen-bond acceptors (Lipinski definition) is 3. The second kappa shape index (κ2) is 4.95. The van der Waals surface area contributed by atoms with Gasteiger partial charge in [-0.05, 0) is 18.4 Å². The van der Waals surface area contributed by atoms with E-state index in [1.165, 1.54) is 0 Å². The minimum atomic E-state index is -0.365. The van der Waals surface area contributed by atoms with Crippen LogP contribution in [0.5, 0.6) is 0 Å². The quantitative estimate of drug-likeness (QED) is 0.364. The number of fused-ring (bicyclic) bond motifs is 3. The molecule has 0 saturated heterocycles. The molecule has 3 aromatic carbocycles. The highest BCUT2D eigenvalue weighted by Crippen LogP contribution is 2.42. The number of hydrogen-bond donors (Lipinski definition) is 0. The van der Waals surface area contributed by atoms with Gasteiger partial charge in [-0.3, -0.25) is 10.1 Å². The molecule has 0 amide bonds. The first-order chi connectivity index (χ1) is 11.1. The molecule has 4 heteroatoms. The number of rotatable bonds is 2. The molecular formula is C19H13NO3. The fourth-order valence-electron chi connectivity index (χ4n) is 2.89. The molecule has 0 fully saturated rings. The lowest BCUT2D eigenvalue weighted by atomic mass is 10.1. The van der Waals surface area contributed by atoms with Crippen LogP contribution in [0, 0.1) is 17.0 Å². The van der Waals surface area contributed by atoms with Gasteiger partial charge in [0.05, 0.1) is 10.3 Å². The molecule has 0 N–H and O–H groups in total. The average Bonchev–Trinajstić information content (AvgIpc) is 2.95. The standard InChI is InChI=1S/C19H13NO3/c1-12-6-8-14(9-7-12)18-17(20(21)22)16-11-10-13-4-2-3-5-15(13)19(16)23-18/h2-11H,1H3. The Morgan fingerprint density at radius 2 is 1.65 bits per heavy atom. The van der Waals surface area contributed by atoms with Gasteiger partial charge in [0.2, 0.25) is 5.76 Å². The van der Waals surface area contributed by atoms with Gasteiger partial charge in [-0.1, -0.05) is 60.2 Å². The maximum atomic E-state index is 11.6. The Morgan fingerprint density at radius 3 is 2.39 bits per heavy atom. The van der Waals surface area contributed by atoms with E-state index >= 15 is 0 Å². The summed E-state index contributed by atoms with van der Waals surface area (Å²) in [5.41, 5.74) is 2.39. The molecule has 0 spiro atoms. The summed E-state index contributed by atoms with van der Waals surface area (Å²) < 4.78 is 5.96. The van der Waals surface area contributed by atoms with Gasteiger partial charge in [-0.15, -0.1) is 0 Å². The molecule has 0 unspecified atom stereocenters. The van der Waals surface area contributed by atoms with Crippen LogP contribution in [0.25, 0.3) is 33.1 Å². The maximum absolute atomic E-state index is 11.6. The van der Waals surface area contributed by atoms with Crippen LogP contribution in [-0.2, 0) is 0 Å². The molecule has 4 nitrogen and oxygen atoms in total. The van der Waals surface area contributed by atoms with E-state index < -0.39 is 0 Å². The lowest BCUT2D eigenvalue weighted by Gasteiger charge is -1.97. The van der Waals surface area contributed by atoms with E-state index in [0.29, 0.717) is 22.3 Å². The van der Waals surface area contributed by atoms with Crippen LogP contribution >= 0.6 is 0 Å².